The van der Waals surface area contributed by atoms with Crippen molar-refractivity contribution in [1.29, 1.82) is 0 Å². The highest BCUT2D eigenvalue weighted by Gasteiger charge is 2.30. The third-order valence-corrected chi connectivity index (χ3v) is 23.1. The molecule has 708 valence electrons. The summed E-state index contributed by atoms with van der Waals surface area (Å²) >= 11 is 0. The van der Waals surface area contributed by atoms with E-state index in [-0.39, 0.29) is 19.3 Å². The number of allylic oxidation sites excluding steroid dienone is 26. The number of esters is 3. The van der Waals surface area contributed by atoms with Gasteiger partial charge in [-0.15, -0.1) is 0 Å². The average molecular weight is 1760 g/mol. The Kier molecular flexibility index (Phi) is 92.5. The van der Waals surface area contributed by atoms with E-state index in [1.807, 2.05) is 0 Å². The summed E-state index contributed by atoms with van der Waals surface area (Å²) in [7, 11) is -9.81. The SMILES string of the molecule is CC/C=C\C/C=C\C/C=C\C/C=C\C/C=C\CCCCCCCCCCCCCCCCCCCCCC(=O)OCC(O)COP(=O)(O)OCC(O)COP(=O)(O)OCC(COC(=O)CCCCCCCCCCCCCCCCCCC/C=C\C/C=C\C/C=C\C/C=C\C/C=C\CC)OC(=O)CCCCCCCC/C=C\C/C=C\C/C=C\CCCCC. The molecule has 16 nitrogen and oxygen atoms in total. The lowest BCUT2D eigenvalue weighted by Crippen LogP contribution is -2.30. The molecule has 0 heterocycles. The van der Waals surface area contributed by atoms with Gasteiger partial charge in [0, 0.05) is 19.3 Å². The van der Waals surface area contributed by atoms with Crippen LogP contribution in [0.3, 0.4) is 0 Å². The molecule has 0 aliphatic heterocycles. The zero-order valence-electron chi connectivity index (χ0n) is 78.3. The minimum Gasteiger partial charge on any atom is -0.463 e. The van der Waals surface area contributed by atoms with Gasteiger partial charge in [0.25, 0.3) is 0 Å². The highest BCUT2D eigenvalue weighted by atomic mass is 31.2. The number of ether oxygens (including phenoxy) is 3. The molecule has 5 unspecified atom stereocenters. The number of rotatable bonds is 94. The van der Waals surface area contributed by atoms with Crippen molar-refractivity contribution in [1.82, 2.24) is 0 Å². The van der Waals surface area contributed by atoms with Gasteiger partial charge in [0.1, 0.15) is 25.4 Å². The molecule has 0 fully saturated rings. The highest BCUT2D eigenvalue weighted by molar-refractivity contribution is 7.47. The quantitative estimate of drug-likeness (QED) is 0.0146. The first-order valence-electron chi connectivity index (χ1n) is 49.8. The van der Waals surface area contributed by atoms with Crippen LogP contribution in [-0.2, 0) is 55.8 Å². The van der Waals surface area contributed by atoms with Crippen molar-refractivity contribution >= 4 is 33.6 Å². The molecular formula is C105H182O16P2. The van der Waals surface area contributed by atoms with Gasteiger partial charge >= 0.3 is 33.6 Å². The van der Waals surface area contributed by atoms with E-state index >= 15 is 0 Å². The summed E-state index contributed by atoms with van der Waals surface area (Å²) in [4.78, 5) is 59.1. The summed E-state index contributed by atoms with van der Waals surface area (Å²) in [5.41, 5.74) is 0. The molecule has 123 heavy (non-hydrogen) atoms. The number of phosphoric acid groups is 2. The third kappa shape index (κ3) is 97.6. The fourth-order valence-electron chi connectivity index (χ4n) is 13.8. The van der Waals surface area contributed by atoms with Gasteiger partial charge in [-0.2, -0.15) is 0 Å². The van der Waals surface area contributed by atoms with Crippen LogP contribution in [0.15, 0.2) is 158 Å². The standard InChI is InChI=1S/C105H182O16P2/c1-4-7-10-13-16-19-22-25-28-31-34-36-38-40-42-44-46-48-49-51-53-54-56-58-60-62-65-67-70-73-76-79-82-85-88-91-103(108)115-94-100(106)95-117-122(111,112)118-96-101(107)97-119-123(113,114)120-99-102(121-105(110)93-90-87-84-81-78-75-72-69-64-33-30-27-24-21-18-15-12-9-6-3)98-116-104(109)92-89-86-83-80-77-74-71-68-66-63-61-59-57-55-52-50-47-45-43-41-39-37-35-32-29-26-23-20-17-14-11-8-5-2/h7-8,10-11,16-21,25-30,34-37,40-43,64,69,100-102,106-107H,4-6,9,12-15,22-24,31-33,38-39,44-63,65-68,70-99H2,1-3H3,(H,111,112)(H,113,114)/b10-7-,11-8-,19-16-,20-17-,21-18-,28-25-,29-26-,30-27-,36-34-,37-35-,42-40-,43-41-,69-64-. The minimum atomic E-state index is -4.95. The smallest absolute Gasteiger partial charge is 0.463 e. The molecule has 0 aromatic rings. The number of aliphatic hydroxyl groups is 2. The predicted molar refractivity (Wildman–Crippen MR) is 519 cm³/mol. The van der Waals surface area contributed by atoms with Crippen LogP contribution in [0.4, 0.5) is 0 Å². The lowest BCUT2D eigenvalue weighted by atomic mass is 10.0. The molecule has 5 atom stereocenters. The Morgan fingerprint density at radius 1 is 0.236 bits per heavy atom. The Morgan fingerprint density at radius 2 is 0.431 bits per heavy atom. The number of aliphatic hydroxyl groups excluding tert-OH is 2. The summed E-state index contributed by atoms with van der Waals surface area (Å²) in [5, 5.41) is 20.8. The first kappa shape index (κ1) is 118. The Morgan fingerprint density at radius 3 is 0.683 bits per heavy atom. The van der Waals surface area contributed by atoms with Crippen molar-refractivity contribution in [3.05, 3.63) is 158 Å². The Labute approximate surface area is 752 Å². The molecule has 0 bridgehead atoms. The van der Waals surface area contributed by atoms with E-state index in [1.54, 1.807) is 0 Å². The van der Waals surface area contributed by atoms with Crippen molar-refractivity contribution in [3.8, 4) is 0 Å². The van der Waals surface area contributed by atoms with E-state index in [9.17, 15) is 43.5 Å². The van der Waals surface area contributed by atoms with Gasteiger partial charge < -0.3 is 34.2 Å². The first-order chi connectivity index (χ1) is 60.2. The lowest BCUT2D eigenvalue weighted by molar-refractivity contribution is -0.161. The van der Waals surface area contributed by atoms with Crippen molar-refractivity contribution in [2.24, 2.45) is 0 Å². The van der Waals surface area contributed by atoms with Crippen LogP contribution < -0.4 is 0 Å². The molecule has 0 aromatic heterocycles. The molecule has 0 rings (SSSR count). The first-order valence-corrected chi connectivity index (χ1v) is 52.8. The van der Waals surface area contributed by atoms with Gasteiger partial charge in [0.15, 0.2) is 6.10 Å². The lowest BCUT2D eigenvalue weighted by Gasteiger charge is -2.21. The summed E-state index contributed by atoms with van der Waals surface area (Å²) in [6.45, 7) is 2.49. The Hall–Kier alpha value is -4.83. The maximum absolute atomic E-state index is 13.1. The molecule has 0 aliphatic carbocycles. The molecule has 0 aliphatic rings. The van der Waals surface area contributed by atoms with E-state index in [2.05, 4.69) is 179 Å². The fraction of sp³-hybridized carbons (Fsp3) is 0.724. The molecule has 0 spiro atoms. The van der Waals surface area contributed by atoms with Crippen LogP contribution in [-0.4, -0.2) is 95.9 Å². The summed E-state index contributed by atoms with van der Waals surface area (Å²) < 4.78 is 61.6. The van der Waals surface area contributed by atoms with Crippen molar-refractivity contribution in [2.45, 2.75) is 450 Å². The van der Waals surface area contributed by atoms with Crippen LogP contribution in [0, 0.1) is 0 Å². The summed E-state index contributed by atoms with van der Waals surface area (Å²) in [6.07, 6.45) is 125. The topological polar surface area (TPSA) is 231 Å². The van der Waals surface area contributed by atoms with Crippen LogP contribution in [0.5, 0.6) is 0 Å². The van der Waals surface area contributed by atoms with Crippen molar-refractivity contribution < 1.29 is 75.8 Å². The fourth-order valence-corrected chi connectivity index (χ4v) is 15.3. The molecule has 18 heteroatoms. The van der Waals surface area contributed by atoms with Crippen LogP contribution in [0.1, 0.15) is 432 Å². The monoisotopic (exact) mass is 1760 g/mol. The van der Waals surface area contributed by atoms with E-state index in [0.717, 1.165) is 161 Å². The molecule has 0 amide bonds. The molecule has 0 saturated carbocycles. The second-order valence-electron chi connectivity index (χ2n) is 33.2. The van der Waals surface area contributed by atoms with Gasteiger partial charge in [0.2, 0.25) is 0 Å². The molecule has 4 N–H and O–H groups in total. The molecule has 0 radical (unpaired) electrons. The number of unbranched alkanes of at least 4 members (excludes halogenated alkanes) is 45. The number of hydrogen-bond donors (Lipinski definition) is 4. The largest absolute Gasteiger partial charge is 0.472 e. The second kappa shape index (κ2) is 96.3. The average Bonchev–Trinajstić information content (AvgIpc) is 0.899. The van der Waals surface area contributed by atoms with Crippen molar-refractivity contribution in [3.63, 3.8) is 0 Å². The number of carbonyl (C=O) groups excluding carboxylic acids is 3. The maximum Gasteiger partial charge on any atom is 0.472 e. The van der Waals surface area contributed by atoms with E-state index < -0.39 is 91.5 Å². The Bertz CT molecular complexity index is 2870. The van der Waals surface area contributed by atoms with Gasteiger partial charge in [-0.3, -0.25) is 32.5 Å². The van der Waals surface area contributed by atoms with Crippen LogP contribution in [0.25, 0.3) is 0 Å². The van der Waals surface area contributed by atoms with Gasteiger partial charge in [-0.1, -0.05) is 423 Å². The third-order valence-electron chi connectivity index (χ3n) is 21.2. The second-order valence-corrected chi connectivity index (χ2v) is 36.1. The van der Waals surface area contributed by atoms with E-state index in [4.69, 9.17) is 32.3 Å². The zero-order valence-corrected chi connectivity index (χ0v) is 80.1. The number of hydrogen-bond acceptors (Lipinski definition) is 14. The van der Waals surface area contributed by atoms with Crippen LogP contribution >= 0.6 is 15.6 Å². The minimum absolute atomic E-state index is 0.0895. The Balaban J connectivity index is 4.48. The molecular weight excluding hydrogens is 1580 g/mol. The predicted octanol–water partition coefficient (Wildman–Crippen LogP) is 31.2. The number of carbonyl (C=O) groups is 3. The normalized spacial score (nSPS) is 14.4. The maximum atomic E-state index is 13.1. The highest BCUT2D eigenvalue weighted by Crippen LogP contribution is 2.45. The van der Waals surface area contributed by atoms with Gasteiger partial charge in [-0.05, 0) is 148 Å². The van der Waals surface area contributed by atoms with Crippen LogP contribution in [0.2, 0.25) is 0 Å². The van der Waals surface area contributed by atoms with E-state index in [0.29, 0.717) is 19.3 Å². The van der Waals surface area contributed by atoms with E-state index in [1.165, 1.54) is 212 Å². The zero-order chi connectivity index (χ0) is 89.3. The van der Waals surface area contributed by atoms with Crippen molar-refractivity contribution in [2.75, 3.05) is 39.6 Å². The number of phosphoric ester groups is 2. The van der Waals surface area contributed by atoms with Gasteiger partial charge in [0.05, 0.1) is 26.4 Å². The molecule has 0 aromatic carbocycles. The van der Waals surface area contributed by atoms with Gasteiger partial charge in [-0.25, -0.2) is 9.13 Å². The molecule has 0 saturated heterocycles. The summed E-state index contributed by atoms with van der Waals surface area (Å²) in [6, 6.07) is 0. The summed E-state index contributed by atoms with van der Waals surface area (Å²) in [5.74, 6) is -1.57.